The van der Waals surface area contributed by atoms with Crippen molar-refractivity contribution >= 4 is 21.7 Å². The van der Waals surface area contributed by atoms with Gasteiger partial charge in [-0.3, -0.25) is 0 Å². The second-order valence-corrected chi connectivity index (χ2v) is 6.11. The maximum absolute atomic E-state index is 9.62. The van der Waals surface area contributed by atoms with Crippen LogP contribution in [0.5, 0.6) is 0 Å². The van der Waals surface area contributed by atoms with E-state index in [2.05, 4.69) is 67.1 Å². The summed E-state index contributed by atoms with van der Waals surface area (Å²) in [6.45, 7) is 2.13. The first kappa shape index (κ1) is 14.4. The van der Waals surface area contributed by atoms with Crippen LogP contribution in [0.25, 0.3) is 32.9 Å². The first-order valence-corrected chi connectivity index (χ1v) is 8.01. The van der Waals surface area contributed by atoms with E-state index in [1.165, 1.54) is 21.9 Å². The van der Waals surface area contributed by atoms with E-state index in [9.17, 15) is 5.26 Å². The number of hydrogen-bond donors (Lipinski definition) is 0. The van der Waals surface area contributed by atoms with Crippen LogP contribution in [0.4, 0.5) is 0 Å². The molecule has 2 heteroatoms. The average Bonchev–Trinajstić information content (AvgIpc) is 2.63. The second-order valence-electron chi connectivity index (χ2n) is 6.11. The highest BCUT2D eigenvalue weighted by atomic mass is 14.9. The highest BCUT2D eigenvalue weighted by molar-refractivity contribution is 5.98. The summed E-state index contributed by atoms with van der Waals surface area (Å²) < 4.78 is 2.19. The summed E-state index contributed by atoms with van der Waals surface area (Å²) in [6.07, 6.45) is 0. The van der Waals surface area contributed by atoms with E-state index in [1.807, 2.05) is 24.3 Å². The van der Waals surface area contributed by atoms with Gasteiger partial charge in [0, 0.05) is 12.1 Å². The highest BCUT2D eigenvalue weighted by Crippen LogP contribution is 2.31. The fourth-order valence-electron chi connectivity index (χ4n) is 3.49. The van der Waals surface area contributed by atoms with Crippen molar-refractivity contribution in [1.29, 1.82) is 5.26 Å². The molecule has 4 aromatic rings. The Morgan fingerprint density at radius 3 is 2.38 bits per heavy atom. The molecule has 0 aliphatic carbocycles. The third-order valence-corrected chi connectivity index (χ3v) is 4.71. The number of nitriles is 1. The monoisotopic (exact) mass is 309 g/mol. The highest BCUT2D eigenvalue weighted by Gasteiger charge is 2.20. The molecule has 0 saturated carbocycles. The van der Waals surface area contributed by atoms with Crippen molar-refractivity contribution in [3.8, 4) is 17.3 Å². The van der Waals surface area contributed by atoms with Crippen LogP contribution < -0.4 is 4.57 Å². The maximum atomic E-state index is 9.62. The Hall–Kier alpha value is -3.18. The van der Waals surface area contributed by atoms with Gasteiger partial charge in [0.05, 0.1) is 16.5 Å². The zero-order valence-electron chi connectivity index (χ0n) is 13.7. The van der Waals surface area contributed by atoms with Gasteiger partial charge in [-0.1, -0.05) is 48.5 Å². The Kier molecular flexibility index (Phi) is 3.29. The molecular formula is C22H17N2+. The molecule has 3 aromatic carbocycles. The summed E-state index contributed by atoms with van der Waals surface area (Å²) in [5.41, 5.74) is 5.26. The second kappa shape index (κ2) is 5.47. The molecule has 0 unspecified atom stereocenters. The average molecular weight is 309 g/mol. The van der Waals surface area contributed by atoms with E-state index in [1.54, 1.807) is 0 Å². The van der Waals surface area contributed by atoms with E-state index in [4.69, 9.17) is 0 Å². The number of aromatic nitrogens is 1. The van der Waals surface area contributed by atoms with Crippen LogP contribution in [-0.4, -0.2) is 0 Å². The van der Waals surface area contributed by atoms with Gasteiger partial charge in [-0.25, -0.2) is 0 Å². The standard InChI is InChI=1S/C22H17N2/c1-15-11-12-16-7-3-4-9-19(16)22(15)21-13-17(14-23)18-8-5-6-10-20(18)24(21)2/h3-13H,1-2H3/q+1. The molecule has 0 atom stereocenters. The fraction of sp³-hybridized carbons (Fsp3) is 0.0909. The molecule has 0 radical (unpaired) electrons. The lowest BCUT2D eigenvalue weighted by molar-refractivity contribution is -0.633. The molecule has 0 fully saturated rings. The number of aryl methyl sites for hydroxylation is 2. The molecule has 0 bridgehead atoms. The maximum Gasteiger partial charge on any atom is 0.215 e. The summed E-state index contributed by atoms with van der Waals surface area (Å²) >= 11 is 0. The van der Waals surface area contributed by atoms with Gasteiger partial charge < -0.3 is 0 Å². The van der Waals surface area contributed by atoms with Gasteiger partial charge in [0.25, 0.3) is 0 Å². The van der Waals surface area contributed by atoms with Crippen LogP contribution in [0.2, 0.25) is 0 Å². The zero-order chi connectivity index (χ0) is 16.7. The van der Waals surface area contributed by atoms with E-state index >= 15 is 0 Å². The third kappa shape index (κ3) is 2.06. The molecule has 2 nitrogen and oxygen atoms in total. The Morgan fingerprint density at radius 2 is 1.58 bits per heavy atom. The van der Waals surface area contributed by atoms with Gasteiger partial charge in [-0.2, -0.15) is 9.83 Å². The molecule has 0 spiro atoms. The van der Waals surface area contributed by atoms with Crippen LogP contribution in [0.1, 0.15) is 11.1 Å². The molecule has 0 amide bonds. The van der Waals surface area contributed by atoms with Gasteiger partial charge in [-0.05, 0) is 29.3 Å². The third-order valence-electron chi connectivity index (χ3n) is 4.71. The predicted octanol–water partition coefficient (Wildman–Crippen LogP) is 4.66. The molecule has 0 saturated heterocycles. The molecule has 24 heavy (non-hydrogen) atoms. The Labute approximate surface area is 141 Å². The molecule has 1 heterocycles. The lowest BCUT2D eigenvalue weighted by atomic mass is 9.95. The minimum atomic E-state index is 0.714. The predicted molar refractivity (Wildman–Crippen MR) is 97.5 cm³/mol. The summed E-state index contributed by atoms with van der Waals surface area (Å²) in [5, 5.41) is 13.0. The lowest BCUT2D eigenvalue weighted by Crippen LogP contribution is -2.32. The smallest absolute Gasteiger partial charge is 0.194 e. The molecule has 114 valence electrons. The first-order valence-electron chi connectivity index (χ1n) is 8.01. The topological polar surface area (TPSA) is 27.7 Å². The van der Waals surface area contributed by atoms with Crippen LogP contribution in [0.15, 0.2) is 66.7 Å². The van der Waals surface area contributed by atoms with Gasteiger partial charge in [-0.15, -0.1) is 0 Å². The van der Waals surface area contributed by atoms with E-state index < -0.39 is 0 Å². The van der Waals surface area contributed by atoms with Crippen molar-refractivity contribution in [3.05, 3.63) is 77.9 Å². The summed E-state index contributed by atoms with van der Waals surface area (Å²) in [7, 11) is 2.07. The number of para-hydroxylation sites is 1. The molecular weight excluding hydrogens is 292 g/mol. The number of hydrogen-bond acceptors (Lipinski definition) is 1. The van der Waals surface area contributed by atoms with Crippen molar-refractivity contribution in [2.45, 2.75) is 6.92 Å². The molecule has 0 N–H and O–H groups in total. The van der Waals surface area contributed by atoms with Gasteiger partial charge in [0.1, 0.15) is 13.1 Å². The largest absolute Gasteiger partial charge is 0.215 e. The Bertz CT molecular complexity index is 1130. The number of pyridine rings is 1. The summed E-state index contributed by atoms with van der Waals surface area (Å²) in [5.74, 6) is 0. The number of rotatable bonds is 1. The quantitative estimate of drug-likeness (QED) is 0.470. The first-order chi connectivity index (χ1) is 11.7. The minimum absolute atomic E-state index is 0.714. The van der Waals surface area contributed by atoms with Crippen molar-refractivity contribution in [2.75, 3.05) is 0 Å². The molecule has 0 aliphatic heterocycles. The van der Waals surface area contributed by atoms with E-state index in [-0.39, 0.29) is 0 Å². The number of benzene rings is 3. The number of nitrogens with zero attached hydrogens (tertiary/aromatic N) is 2. The zero-order valence-corrected chi connectivity index (χ0v) is 13.7. The number of fused-ring (bicyclic) bond motifs is 2. The minimum Gasteiger partial charge on any atom is -0.194 e. The fourth-order valence-corrected chi connectivity index (χ4v) is 3.49. The Morgan fingerprint density at radius 1 is 0.875 bits per heavy atom. The van der Waals surface area contributed by atoms with Crippen LogP contribution in [0.3, 0.4) is 0 Å². The van der Waals surface area contributed by atoms with Gasteiger partial charge >= 0.3 is 0 Å². The van der Waals surface area contributed by atoms with Crippen molar-refractivity contribution in [2.24, 2.45) is 7.05 Å². The van der Waals surface area contributed by atoms with Crippen molar-refractivity contribution in [1.82, 2.24) is 0 Å². The van der Waals surface area contributed by atoms with E-state index in [0.717, 1.165) is 16.6 Å². The van der Waals surface area contributed by atoms with Crippen LogP contribution in [0, 0.1) is 18.3 Å². The summed E-state index contributed by atoms with van der Waals surface area (Å²) in [4.78, 5) is 0. The van der Waals surface area contributed by atoms with Crippen molar-refractivity contribution < 1.29 is 4.57 Å². The molecule has 1 aromatic heterocycles. The lowest BCUT2D eigenvalue weighted by Gasteiger charge is -2.11. The van der Waals surface area contributed by atoms with Crippen LogP contribution >= 0.6 is 0 Å². The van der Waals surface area contributed by atoms with Crippen molar-refractivity contribution in [3.63, 3.8) is 0 Å². The van der Waals surface area contributed by atoms with E-state index in [0.29, 0.717) is 5.56 Å². The summed E-state index contributed by atoms with van der Waals surface area (Å²) in [6, 6.07) is 25.2. The van der Waals surface area contributed by atoms with Crippen LogP contribution in [-0.2, 0) is 7.05 Å². The SMILES string of the molecule is Cc1ccc2ccccc2c1-c1cc(C#N)c2ccccc2[n+]1C. The normalized spacial score (nSPS) is 10.9. The van der Waals surface area contributed by atoms with Gasteiger partial charge in [0.15, 0.2) is 0 Å². The molecule has 4 rings (SSSR count). The van der Waals surface area contributed by atoms with Gasteiger partial charge in [0.2, 0.25) is 11.2 Å². The Balaban J connectivity index is 2.18. The molecule has 0 aliphatic rings.